The second-order valence-corrected chi connectivity index (χ2v) is 8.40. The minimum atomic E-state index is -4.42. The quantitative estimate of drug-likeness (QED) is 0.265. The predicted molar refractivity (Wildman–Crippen MR) is 99.2 cm³/mol. The molecule has 0 aromatic carbocycles. The second kappa shape index (κ2) is 10.4. The van der Waals surface area contributed by atoms with Gasteiger partial charge in [-0.3, -0.25) is 38.7 Å². The summed E-state index contributed by atoms with van der Waals surface area (Å²) in [5, 5.41) is 9.00. The van der Waals surface area contributed by atoms with E-state index in [0.29, 0.717) is 19.4 Å². The van der Waals surface area contributed by atoms with Crippen molar-refractivity contribution in [3.8, 4) is 0 Å². The summed E-state index contributed by atoms with van der Waals surface area (Å²) in [7, 11) is -4.42. The van der Waals surface area contributed by atoms with Crippen LogP contribution in [0.15, 0.2) is 12.2 Å². The van der Waals surface area contributed by atoms with Crippen molar-refractivity contribution < 1.29 is 42.0 Å². The van der Waals surface area contributed by atoms with Crippen LogP contribution >= 0.6 is 0 Å². The maximum absolute atomic E-state index is 11.4. The molecule has 4 amide bonds. The Morgan fingerprint density at radius 2 is 1.59 bits per heavy atom. The van der Waals surface area contributed by atoms with Gasteiger partial charge in [0.1, 0.15) is 0 Å². The van der Waals surface area contributed by atoms with E-state index in [9.17, 15) is 32.4 Å². The summed E-state index contributed by atoms with van der Waals surface area (Å²) < 4.78 is 29.0. The third-order valence-electron chi connectivity index (χ3n) is 4.82. The predicted octanol–water partition coefficient (Wildman–Crippen LogP) is -1.56. The van der Waals surface area contributed by atoms with Crippen LogP contribution in [-0.2, 0) is 34.1 Å². The minimum absolute atomic E-state index is 0. The van der Waals surface area contributed by atoms with Crippen LogP contribution in [0.25, 0.3) is 0 Å². The first-order valence-corrected chi connectivity index (χ1v) is 10.1. The van der Waals surface area contributed by atoms with Crippen molar-refractivity contribution in [2.24, 2.45) is 11.8 Å². The number of aliphatic carboxylic acids is 1. The van der Waals surface area contributed by atoms with E-state index in [4.69, 9.17) is 9.66 Å². The molecule has 2 heterocycles. The molecule has 1 atom stereocenters. The first kappa shape index (κ1) is 25.4. The standard InChI is InChI=1S/C12H15NO4.C4H5NO5S.Na.H/c14-10-5-6-11(15)13(10)7-8-1-3-9(4-2-8)12(16)17;6-3-1-2(4(7)5-3)11(8,9)10;;/h5-6,8-9H,1-4,7H2,(H,16,17);2H,1H2,(H,5,6,7)(H,8,9,10);;. The molecule has 0 spiro atoms. The van der Waals surface area contributed by atoms with E-state index in [1.165, 1.54) is 17.1 Å². The van der Waals surface area contributed by atoms with E-state index in [1.807, 2.05) is 0 Å². The molecule has 29 heavy (non-hydrogen) atoms. The average Bonchev–Trinajstić information content (AvgIpc) is 3.11. The summed E-state index contributed by atoms with van der Waals surface area (Å²) >= 11 is 0. The molecule has 156 valence electrons. The number of hydrogen-bond acceptors (Lipinski definition) is 7. The monoisotopic (exact) mass is 440 g/mol. The first-order chi connectivity index (χ1) is 13.0. The Hall–Kier alpha value is -1.60. The molecular weight excluding hydrogens is 419 g/mol. The van der Waals surface area contributed by atoms with Crippen molar-refractivity contribution in [1.29, 1.82) is 0 Å². The molecule has 2 fully saturated rings. The second-order valence-electron chi connectivity index (χ2n) is 6.80. The van der Waals surface area contributed by atoms with Crippen molar-refractivity contribution >= 4 is 69.3 Å². The Balaban J connectivity index is 0.000000306. The van der Waals surface area contributed by atoms with Crippen LogP contribution in [0.4, 0.5) is 0 Å². The number of carboxylic acid groups (broad SMARTS) is 1. The number of amides is 4. The number of carboxylic acids is 1. The van der Waals surface area contributed by atoms with Gasteiger partial charge in [0.2, 0.25) is 11.8 Å². The van der Waals surface area contributed by atoms with Crippen molar-refractivity contribution in [2.45, 2.75) is 37.4 Å². The molecule has 0 bridgehead atoms. The molecule has 3 aliphatic rings. The summed E-state index contributed by atoms with van der Waals surface area (Å²) in [6.07, 6.45) is 4.91. The van der Waals surface area contributed by atoms with E-state index >= 15 is 0 Å². The molecule has 2 aliphatic heterocycles. The van der Waals surface area contributed by atoms with Gasteiger partial charge >= 0.3 is 35.5 Å². The van der Waals surface area contributed by atoms with Gasteiger partial charge in [0.05, 0.1) is 12.3 Å². The van der Waals surface area contributed by atoms with Crippen LogP contribution in [-0.4, -0.2) is 93.9 Å². The molecule has 1 saturated heterocycles. The molecule has 0 radical (unpaired) electrons. The number of imide groups is 2. The number of carbonyl (C=O) groups is 5. The van der Waals surface area contributed by atoms with Crippen molar-refractivity contribution in [3.05, 3.63) is 12.2 Å². The molecule has 0 aromatic heterocycles. The van der Waals surface area contributed by atoms with Crippen molar-refractivity contribution in [2.75, 3.05) is 6.54 Å². The summed E-state index contributed by atoms with van der Waals surface area (Å²) in [6.45, 7) is 0.428. The average molecular weight is 440 g/mol. The number of nitrogens with zero attached hydrogens (tertiary/aromatic N) is 1. The summed E-state index contributed by atoms with van der Waals surface area (Å²) in [5.74, 6) is -2.90. The molecule has 3 N–H and O–H groups in total. The van der Waals surface area contributed by atoms with Gasteiger partial charge in [0.15, 0.2) is 5.25 Å². The van der Waals surface area contributed by atoms with Crippen LogP contribution in [0.3, 0.4) is 0 Å². The topological polar surface area (TPSA) is 175 Å². The van der Waals surface area contributed by atoms with Gasteiger partial charge in [0, 0.05) is 18.7 Å². The third-order valence-corrected chi connectivity index (χ3v) is 5.92. The zero-order chi connectivity index (χ0) is 21.1. The number of hydrogen-bond donors (Lipinski definition) is 3. The molecule has 3 rings (SSSR count). The van der Waals surface area contributed by atoms with E-state index in [1.54, 1.807) is 5.32 Å². The van der Waals surface area contributed by atoms with Gasteiger partial charge in [-0.15, -0.1) is 0 Å². The Morgan fingerprint density at radius 1 is 1.07 bits per heavy atom. The Kier molecular flexibility index (Phi) is 9.15. The Bertz CT molecular complexity index is 813. The molecular formula is C16H21N2NaO9S. The molecule has 1 unspecified atom stereocenters. The number of nitrogens with one attached hydrogen (secondary N) is 1. The molecule has 1 saturated carbocycles. The van der Waals surface area contributed by atoms with Crippen LogP contribution < -0.4 is 5.32 Å². The van der Waals surface area contributed by atoms with E-state index in [0.717, 1.165) is 12.8 Å². The zero-order valence-corrected chi connectivity index (χ0v) is 15.6. The molecule has 11 nitrogen and oxygen atoms in total. The summed E-state index contributed by atoms with van der Waals surface area (Å²) in [4.78, 5) is 55.7. The van der Waals surface area contributed by atoms with Crippen LogP contribution in [0.1, 0.15) is 32.1 Å². The van der Waals surface area contributed by atoms with Crippen molar-refractivity contribution in [1.82, 2.24) is 10.2 Å². The van der Waals surface area contributed by atoms with Gasteiger partial charge < -0.3 is 5.11 Å². The molecule has 13 heteroatoms. The summed E-state index contributed by atoms with van der Waals surface area (Å²) in [6, 6.07) is 0. The van der Waals surface area contributed by atoms with E-state index < -0.39 is 39.6 Å². The van der Waals surface area contributed by atoms with Gasteiger partial charge in [-0.2, -0.15) is 8.42 Å². The first-order valence-electron chi connectivity index (χ1n) is 8.55. The Labute approximate surface area is 188 Å². The normalized spacial score (nSPS) is 26.5. The number of carbonyl (C=O) groups excluding carboxylic acids is 4. The zero-order valence-electron chi connectivity index (χ0n) is 14.7. The van der Waals surface area contributed by atoms with E-state index in [-0.39, 0.29) is 53.2 Å². The van der Waals surface area contributed by atoms with Gasteiger partial charge in [-0.1, -0.05) is 0 Å². The van der Waals surface area contributed by atoms with Crippen LogP contribution in [0.2, 0.25) is 0 Å². The van der Waals surface area contributed by atoms with Crippen LogP contribution in [0.5, 0.6) is 0 Å². The number of rotatable bonds is 4. The van der Waals surface area contributed by atoms with Gasteiger partial charge in [-0.05, 0) is 31.6 Å². The summed E-state index contributed by atoms with van der Waals surface area (Å²) in [5.41, 5.74) is 0. The fourth-order valence-corrected chi connectivity index (χ4v) is 3.92. The Morgan fingerprint density at radius 3 is 1.93 bits per heavy atom. The molecule has 1 aliphatic carbocycles. The fraction of sp³-hybridized carbons (Fsp3) is 0.562. The van der Waals surface area contributed by atoms with Gasteiger partial charge in [0.25, 0.3) is 21.9 Å². The van der Waals surface area contributed by atoms with Crippen LogP contribution in [0, 0.1) is 11.8 Å². The maximum atomic E-state index is 11.4. The van der Waals surface area contributed by atoms with E-state index in [2.05, 4.69) is 0 Å². The molecule has 0 aromatic rings. The van der Waals surface area contributed by atoms with Crippen molar-refractivity contribution in [3.63, 3.8) is 0 Å². The van der Waals surface area contributed by atoms with Gasteiger partial charge in [-0.25, -0.2) is 0 Å². The third kappa shape index (κ3) is 7.00. The fourth-order valence-electron chi connectivity index (χ4n) is 3.23. The SMILES string of the molecule is O=C(O)C1CCC(CN2C(=O)C=CC2=O)CC1.O=C1CC(S(=O)(=O)O)C(=O)N1.[NaH].